The van der Waals surface area contributed by atoms with Crippen LogP contribution < -0.4 is 14.4 Å². The van der Waals surface area contributed by atoms with Crippen LogP contribution in [0.4, 0.5) is 17.3 Å². The molecule has 0 spiro atoms. The Morgan fingerprint density at radius 2 is 1.88 bits per heavy atom. The molecule has 0 fully saturated rings. The predicted octanol–water partition coefficient (Wildman–Crippen LogP) is 4.92. The molecular weight excluding hydrogens is 330 g/mol. The summed E-state index contributed by atoms with van der Waals surface area (Å²) in [5, 5.41) is 0. The lowest BCUT2D eigenvalue weighted by molar-refractivity contribution is 0.0738. The molecule has 0 atom stereocenters. The smallest absolute Gasteiger partial charge is 0.345 e. The zero-order valence-corrected chi connectivity index (χ0v) is 14.3. The van der Waals surface area contributed by atoms with E-state index in [0.717, 1.165) is 29.8 Å². The molecule has 2 aliphatic heterocycles. The van der Waals surface area contributed by atoms with E-state index in [4.69, 9.17) is 13.9 Å². The molecule has 26 heavy (non-hydrogen) atoms. The van der Waals surface area contributed by atoms with Crippen molar-refractivity contribution in [3.05, 3.63) is 65.4 Å². The normalized spacial score (nSPS) is 15.3. The van der Waals surface area contributed by atoms with Crippen molar-refractivity contribution in [1.29, 1.82) is 0 Å². The lowest BCUT2D eigenvalue weighted by atomic mass is 10.0. The zero-order chi connectivity index (χ0) is 17.7. The molecule has 0 bridgehead atoms. The van der Waals surface area contributed by atoms with Crippen molar-refractivity contribution >= 4 is 23.2 Å². The van der Waals surface area contributed by atoms with Gasteiger partial charge in [-0.25, -0.2) is 4.79 Å². The number of rotatable bonds is 1. The topological polar surface area (TPSA) is 51.9 Å². The maximum atomic E-state index is 12.6. The van der Waals surface area contributed by atoms with E-state index in [1.54, 1.807) is 12.1 Å². The van der Waals surface area contributed by atoms with Crippen LogP contribution in [-0.4, -0.2) is 12.6 Å². The first-order valence-corrected chi connectivity index (χ1v) is 8.69. The van der Waals surface area contributed by atoms with Gasteiger partial charge in [0.25, 0.3) is 0 Å². The number of fused-ring (bicyclic) bond motifs is 3. The number of benzene rings is 2. The van der Waals surface area contributed by atoms with Gasteiger partial charge < -0.3 is 13.9 Å². The number of ether oxygens (including phenoxy) is 2. The van der Waals surface area contributed by atoms with Gasteiger partial charge in [-0.2, -0.15) is 0 Å². The van der Waals surface area contributed by atoms with Crippen molar-refractivity contribution < 1.29 is 18.7 Å². The second-order valence-corrected chi connectivity index (χ2v) is 6.49. The third kappa shape index (κ3) is 2.20. The molecule has 0 amide bonds. The van der Waals surface area contributed by atoms with Crippen LogP contribution in [0.25, 0.3) is 0 Å². The van der Waals surface area contributed by atoms with E-state index in [0.29, 0.717) is 35.3 Å². The molecule has 0 radical (unpaired) electrons. The zero-order valence-electron chi connectivity index (χ0n) is 14.3. The molecule has 130 valence electrons. The van der Waals surface area contributed by atoms with Crippen molar-refractivity contribution in [3.8, 4) is 11.5 Å². The van der Waals surface area contributed by atoms with Gasteiger partial charge in [-0.3, -0.25) is 4.90 Å². The van der Waals surface area contributed by atoms with Gasteiger partial charge in [-0.05, 0) is 43.5 Å². The van der Waals surface area contributed by atoms with Crippen molar-refractivity contribution in [2.24, 2.45) is 0 Å². The third-order valence-electron chi connectivity index (χ3n) is 4.73. The molecule has 2 aromatic carbocycles. The number of hydrogen-bond acceptors (Lipinski definition) is 5. The van der Waals surface area contributed by atoms with Crippen LogP contribution in [0.15, 0.2) is 52.9 Å². The quantitative estimate of drug-likeness (QED) is 0.585. The highest BCUT2D eigenvalue weighted by Crippen LogP contribution is 2.49. The Hall–Kier alpha value is -3.21. The number of carbonyl (C=O) groups excluding carboxylic acids is 1. The Balaban J connectivity index is 1.81. The number of hydrogen-bond donors (Lipinski definition) is 0. The van der Waals surface area contributed by atoms with E-state index in [-0.39, 0.29) is 0 Å². The summed E-state index contributed by atoms with van der Waals surface area (Å²) in [5.41, 5.74) is 3.22. The average Bonchev–Trinajstić information content (AvgIpc) is 2.97. The summed E-state index contributed by atoms with van der Waals surface area (Å²) in [6.45, 7) is 2.52. The van der Waals surface area contributed by atoms with Gasteiger partial charge in [-0.1, -0.05) is 24.3 Å². The van der Waals surface area contributed by atoms with Crippen molar-refractivity contribution in [2.75, 3.05) is 11.5 Å². The summed E-state index contributed by atoms with van der Waals surface area (Å²) in [5.74, 6) is 2.03. The van der Waals surface area contributed by atoms with E-state index < -0.39 is 5.97 Å². The first-order valence-electron chi connectivity index (χ1n) is 8.69. The molecule has 0 aliphatic carbocycles. The van der Waals surface area contributed by atoms with Gasteiger partial charge >= 0.3 is 5.97 Å². The number of para-hydroxylation sites is 2. The number of esters is 1. The summed E-state index contributed by atoms with van der Waals surface area (Å²) in [4.78, 5) is 14.5. The van der Waals surface area contributed by atoms with Crippen molar-refractivity contribution in [3.63, 3.8) is 0 Å². The number of carbonyl (C=O) groups is 1. The molecule has 0 saturated heterocycles. The van der Waals surface area contributed by atoms with E-state index in [2.05, 4.69) is 6.07 Å². The minimum atomic E-state index is -0.393. The van der Waals surface area contributed by atoms with Crippen LogP contribution in [0.2, 0.25) is 0 Å². The number of aryl methyl sites for hydroxylation is 2. The van der Waals surface area contributed by atoms with Gasteiger partial charge in [0.2, 0.25) is 5.88 Å². The first-order chi connectivity index (χ1) is 12.7. The van der Waals surface area contributed by atoms with Crippen LogP contribution in [0.5, 0.6) is 11.5 Å². The minimum Gasteiger partial charge on any atom is -0.491 e. The van der Waals surface area contributed by atoms with Gasteiger partial charge in [-0.15, -0.1) is 0 Å². The maximum Gasteiger partial charge on any atom is 0.345 e. The summed E-state index contributed by atoms with van der Waals surface area (Å²) in [6.07, 6.45) is 1.97. The van der Waals surface area contributed by atoms with E-state index in [1.807, 2.05) is 42.2 Å². The van der Waals surface area contributed by atoms with Crippen molar-refractivity contribution in [2.45, 2.75) is 19.8 Å². The SMILES string of the molecule is Cc1cc2c(o1)N(c1cccc3c1OCCC3)c1ccccc1C(=O)O2. The fourth-order valence-corrected chi connectivity index (χ4v) is 3.60. The second kappa shape index (κ2) is 5.66. The molecule has 3 aromatic rings. The monoisotopic (exact) mass is 347 g/mol. The summed E-state index contributed by atoms with van der Waals surface area (Å²) in [6, 6.07) is 15.2. The number of nitrogens with zero attached hydrogens (tertiary/aromatic N) is 1. The lowest BCUT2D eigenvalue weighted by Gasteiger charge is -2.28. The largest absolute Gasteiger partial charge is 0.491 e. The van der Waals surface area contributed by atoms with Crippen LogP contribution in [-0.2, 0) is 6.42 Å². The number of anilines is 3. The molecule has 5 heteroatoms. The third-order valence-corrected chi connectivity index (χ3v) is 4.73. The van der Waals surface area contributed by atoms with Crippen LogP contribution in [0, 0.1) is 6.92 Å². The summed E-state index contributed by atoms with van der Waals surface area (Å²) in [7, 11) is 0. The lowest BCUT2D eigenvalue weighted by Crippen LogP contribution is -2.16. The minimum absolute atomic E-state index is 0.393. The molecule has 1 aromatic heterocycles. The standard InChI is InChI=1S/C21H17NO4/c1-13-12-18-20(25-13)22(16-9-3-2-8-15(16)21(23)26-18)17-10-4-6-14-7-5-11-24-19(14)17/h2-4,6,8-10,12H,5,7,11H2,1H3. The van der Waals surface area contributed by atoms with E-state index >= 15 is 0 Å². The molecule has 0 unspecified atom stereocenters. The molecule has 5 rings (SSSR count). The Labute approximate surface area is 150 Å². The predicted molar refractivity (Wildman–Crippen MR) is 96.9 cm³/mol. The van der Waals surface area contributed by atoms with Gasteiger partial charge in [0.15, 0.2) is 5.75 Å². The van der Waals surface area contributed by atoms with Crippen LogP contribution >= 0.6 is 0 Å². The average molecular weight is 347 g/mol. The maximum absolute atomic E-state index is 12.6. The molecule has 2 aliphatic rings. The van der Waals surface area contributed by atoms with Crippen LogP contribution in [0.3, 0.4) is 0 Å². The molecule has 5 nitrogen and oxygen atoms in total. The highest BCUT2D eigenvalue weighted by atomic mass is 16.5. The first kappa shape index (κ1) is 15.1. The Morgan fingerprint density at radius 1 is 1.04 bits per heavy atom. The summed E-state index contributed by atoms with van der Waals surface area (Å²) < 4.78 is 17.5. The fourth-order valence-electron chi connectivity index (χ4n) is 3.60. The second-order valence-electron chi connectivity index (χ2n) is 6.49. The molecule has 3 heterocycles. The number of furan rings is 1. The highest BCUT2D eigenvalue weighted by Gasteiger charge is 2.33. The van der Waals surface area contributed by atoms with E-state index in [9.17, 15) is 4.79 Å². The molecular formula is C21H17NO4. The van der Waals surface area contributed by atoms with Gasteiger partial charge in [0.05, 0.1) is 23.5 Å². The fraction of sp³-hybridized carbons (Fsp3) is 0.190. The van der Waals surface area contributed by atoms with Crippen LogP contribution in [0.1, 0.15) is 28.1 Å². The molecule has 0 saturated carbocycles. The molecule has 0 N–H and O–H groups in total. The Bertz CT molecular complexity index is 1020. The van der Waals surface area contributed by atoms with Gasteiger partial charge in [0, 0.05) is 6.07 Å². The van der Waals surface area contributed by atoms with E-state index in [1.165, 1.54) is 0 Å². The van der Waals surface area contributed by atoms with Gasteiger partial charge in [0.1, 0.15) is 11.5 Å². The van der Waals surface area contributed by atoms with Crippen molar-refractivity contribution in [1.82, 2.24) is 0 Å². The Kier molecular flexibility index (Phi) is 3.28. The summed E-state index contributed by atoms with van der Waals surface area (Å²) >= 11 is 0. The highest BCUT2D eigenvalue weighted by molar-refractivity contribution is 6.02. The Morgan fingerprint density at radius 3 is 2.81 bits per heavy atom.